The van der Waals surface area contributed by atoms with Crippen LogP contribution in [0.2, 0.25) is 0 Å². The van der Waals surface area contributed by atoms with Crippen LogP contribution in [0.5, 0.6) is 0 Å². The predicted octanol–water partition coefficient (Wildman–Crippen LogP) is 4.12. The molecule has 4 nitrogen and oxygen atoms in total. The van der Waals surface area contributed by atoms with Crippen molar-refractivity contribution in [3.8, 4) is 0 Å². The van der Waals surface area contributed by atoms with Gasteiger partial charge in [0.25, 0.3) is 0 Å². The van der Waals surface area contributed by atoms with Gasteiger partial charge in [-0.3, -0.25) is 0 Å². The topological polar surface area (TPSA) is 47.0 Å². The monoisotopic (exact) mass is 377 g/mol. The summed E-state index contributed by atoms with van der Waals surface area (Å²) < 4.78 is 6.64. The van der Waals surface area contributed by atoms with E-state index >= 15 is 0 Å². The van der Waals surface area contributed by atoms with Crippen molar-refractivity contribution < 1.29 is 4.74 Å². The Morgan fingerprint density at radius 2 is 1.95 bits per heavy atom. The van der Waals surface area contributed by atoms with Crippen LogP contribution in [0.4, 0.5) is 5.82 Å². The summed E-state index contributed by atoms with van der Waals surface area (Å²) in [6, 6.07) is 0. The van der Waals surface area contributed by atoms with E-state index in [0.29, 0.717) is 5.92 Å². The van der Waals surface area contributed by atoms with Gasteiger partial charge in [0.05, 0.1) is 9.26 Å². The van der Waals surface area contributed by atoms with Gasteiger partial charge in [0, 0.05) is 13.7 Å². The predicted molar refractivity (Wildman–Crippen MR) is 87.7 cm³/mol. The zero-order chi connectivity index (χ0) is 14.4. The largest absolute Gasteiger partial charge is 0.373 e. The third-order valence-corrected chi connectivity index (χ3v) is 3.97. The zero-order valence-corrected chi connectivity index (χ0v) is 14.6. The summed E-state index contributed by atoms with van der Waals surface area (Å²) in [5.41, 5.74) is 1.10. The smallest absolute Gasteiger partial charge is 0.159 e. The fourth-order valence-electron chi connectivity index (χ4n) is 1.91. The van der Waals surface area contributed by atoms with Crippen molar-refractivity contribution in [1.29, 1.82) is 0 Å². The molecule has 0 aliphatic rings. The lowest BCUT2D eigenvalue weighted by Crippen LogP contribution is -2.14. The molecule has 1 rings (SSSR count). The van der Waals surface area contributed by atoms with Crippen LogP contribution in [-0.4, -0.2) is 23.6 Å². The fraction of sp³-hybridized carbons (Fsp3) is 0.714. The summed E-state index contributed by atoms with van der Waals surface area (Å²) in [5.74, 6) is 2.10. The van der Waals surface area contributed by atoms with E-state index in [0.717, 1.165) is 40.3 Å². The molecule has 0 aliphatic carbocycles. The van der Waals surface area contributed by atoms with Crippen LogP contribution in [-0.2, 0) is 4.74 Å². The molecule has 0 saturated heterocycles. The van der Waals surface area contributed by atoms with E-state index in [9.17, 15) is 0 Å². The summed E-state index contributed by atoms with van der Waals surface area (Å²) in [7, 11) is 1.73. The summed E-state index contributed by atoms with van der Waals surface area (Å²) in [6.45, 7) is 9.40. The normalized spacial score (nSPS) is 12.8. The first-order valence-electron chi connectivity index (χ1n) is 6.89. The molecule has 0 amide bonds. The summed E-state index contributed by atoms with van der Waals surface area (Å²) in [4.78, 5) is 9.36. The SMILES string of the molecule is CCCC(OC)c1nc(NCC)c(I)c(C(C)C)n1. The Balaban J connectivity index is 3.24. The number of aromatic nitrogens is 2. The van der Waals surface area contributed by atoms with Crippen LogP contribution in [0.1, 0.15) is 64.1 Å². The molecule has 1 heterocycles. The third-order valence-electron chi connectivity index (χ3n) is 2.91. The number of nitrogens with one attached hydrogen (secondary N) is 1. The maximum absolute atomic E-state index is 5.53. The lowest BCUT2D eigenvalue weighted by Gasteiger charge is -2.18. The molecule has 19 heavy (non-hydrogen) atoms. The average molecular weight is 377 g/mol. The molecule has 0 bridgehead atoms. The van der Waals surface area contributed by atoms with Gasteiger partial charge in [-0.15, -0.1) is 0 Å². The Morgan fingerprint density at radius 3 is 2.42 bits per heavy atom. The number of ether oxygens (including phenoxy) is 1. The van der Waals surface area contributed by atoms with Crippen molar-refractivity contribution in [3.05, 3.63) is 15.1 Å². The van der Waals surface area contributed by atoms with Gasteiger partial charge in [0.1, 0.15) is 11.9 Å². The van der Waals surface area contributed by atoms with Crippen LogP contribution in [0.25, 0.3) is 0 Å². The van der Waals surface area contributed by atoms with Gasteiger partial charge < -0.3 is 10.1 Å². The molecule has 0 spiro atoms. The van der Waals surface area contributed by atoms with E-state index in [2.05, 4.69) is 60.6 Å². The van der Waals surface area contributed by atoms with Crippen molar-refractivity contribution in [2.75, 3.05) is 19.0 Å². The van der Waals surface area contributed by atoms with Gasteiger partial charge in [-0.1, -0.05) is 27.2 Å². The molecule has 1 aromatic heterocycles. The third kappa shape index (κ3) is 4.27. The van der Waals surface area contributed by atoms with Crippen LogP contribution in [0, 0.1) is 3.57 Å². The number of halogens is 1. The van der Waals surface area contributed by atoms with Crippen molar-refractivity contribution in [2.24, 2.45) is 0 Å². The van der Waals surface area contributed by atoms with Gasteiger partial charge in [-0.2, -0.15) is 0 Å². The molecule has 0 aromatic carbocycles. The lowest BCUT2D eigenvalue weighted by molar-refractivity contribution is 0.0874. The number of anilines is 1. The highest BCUT2D eigenvalue weighted by atomic mass is 127. The Labute approximate surface area is 129 Å². The van der Waals surface area contributed by atoms with Gasteiger partial charge in [-0.05, 0) is 41.9 Å². The fourth-order valence-corrected chi connectivity index (χ4v) is 2.96. The first-order valence-corrected chi connectivity index (χ1v) is 7.96. The second-order valence-corrected chi connectivity index (χ2v) is 5.91. The van der Waals surface area contributed by atoms with Crippen molar-refractivity contribution >= 4 is 28.4 Å². The molecule has 0 fully saturated rings. The zero-order valence-electron chi connectivity index (χ0n) is 12.5. The maximum atomic E-state index is 5.53. The first-order chi connectivity index (χ1) is 9.04. The number of methoxy groups -OCH3 is 1. The van der Waals surface area contributed by atoms with Crippen LogP contribution in [0.15, 0.2) is 0 Å². The van der Waals surface area contributed by atoms with Crippen LogP contribution >= 0.6 is 22.6 Å². The number of hydrogen-bond acceptors (Lipinski definition) is 4. The van der Waals surface area contributed by atoms with Gasteiger partial charge in [-0.25, -0.2) is 9.97 Å². The summed E-state index contributed by atoms with van der Waals surface area (Å²) in [6.07, 6.45) is 1.98. The molecule has 0 aliphatic heterocycles. The molecule has 5 heteroatoms. The highest BCUT2D eigenvalue weighted by Gasteiger charge is 2.19. The Bertz CT molecular complexity index is 410. The van der Waals surface area contributed by atoms with E-state index < -0.39 is 0 Å². The van der Waals surface area contributed by atoms with Crippen LogP contribution < -0.4 is 5.32 Å². The first kappa shape index (κ1) is 16.6. The minimum Gasteiger partial charge on any atom is -0.373 e. The number of rotatable bonds is 7. The highest BCUT2D eigenvalue weighted by Crippen LogP contribution is 2.28. The minimum atomic E-state index is -0.0168. The molecule has 108 valence electrons. The summed E-state index contributed by atoms with van der Waals surface area (Å²) in [5, 5.41) is 3.32. The molecule has 0 radical (unpaired) electrons. The highest BCUT2D eigenvalue weighted by molar-refractivity contribution is 14.1. The van der Waals surface area contributed by atoms with E-state index in [1.54, 1.807) is 7.11 Å². The Morgan fingerprint density at radius 1 is 1.26 bits per heavy atom. The van der Waals surface area contributed by atoms with E-state index in [1.807, 2.05) is 0 Å². The van der Waals surface area contributed by atoms with Gasteiger partial charge in [0.2, 0.25) is 0 Å². The van der Waals surface area contributed by atoms with E-state index in [-0.39, 0.29) is 6.10 Å². The molecular formula is C14H24IN3O. The maximum Gasteiger partial charge on any atom is 0.159 e. The lowest BCUT2D eigenvalue weighted by atomic mass is 10.1. The summed E-state index contributed by atoms with van der Waals surface area (Å²) >= 11 is 2.32. The second kappa shape index (κ2) is 7.99. The van der Waals surface area contributed by atoms with Crippen molar-refractivity contribution in [3.63, 3.8) is 0 Å². The molecule has 1 unspecified atom stereocenters. The van der Waals surface area contributed by atoms with Crippen molar-refractivity contribution in [2.45, 2.75) is 52.6 Å². The van der Waals surface area contributed by atoms with Gasteiger partial charge in [0.15, 0.2) is 5.82 Å². The minimum absolute atomic E-state index is 0.0168. The van der Waals surface area contributed by atoms with E-state index in [4.69, 9.17) is 9.72 Å². The molecule has 1 atom stereocenters. The molecular weight excluding hydrogens is 353 g/mol. The molecule has 1 N–H and O–H groups in total. The van der Waals surface area contributed by atoms with Gasteiger partial charge >= 0.3 is 0 Å². The second-order valence-electron chi connectivity index (χ2n) is 4.83. The number of hydrogen-bond donors (Lipinski definition) is 1. The average Bonchev–Trinajstić information content (AvgIpc) is 2.38. The molecule has 1 aromatic rings. The van der Waals surface area contributed by atoms with E-state index in [1.165, 1.54) is 0 Å². The molecule has 0 saturated carbocycles. The Hall–Kier alpha value is -0.430. The standard InChI is InChI=1S/C14H24IN3O/c1-6-8-10(19-5)13-17-12(9(3)4)11(15)14(18-13)16-7-2/h9-10H,6-8H2,1-5H3,(H,16,17,18). The number of nitrogens with zero attached hydrogens (tertiary/aromatic N) is 2. The quantitative estimate of drug-likeness (QED) is 0.726. The van der Waals surface area contributed by atoms with Crippen molar-refractivity contribution in [1.82, 2.24) is 9.97 Å². The van der Waals surface area contributed by atoms with Crippen LogP contribution in [0.3, 0.4) is 0 Å². The Kier molecular flexibility index (Phi) is 6.99.